The molecule has 0 aliphatic heterocycles. The fourth-order valence-electron chi connectivity index (χ4n) is 1.64. The van der Waals surface area contributed by atoms with Crippen LogP contribution >= 0.6 is 0 Å². The molecule has 0 aliphatic carbocycles. The summed E-state index contributed by atoms with van der Waals surface area (Å²) in [5.41, 5.74) is 2.06. The largest absolute Gasteiger partial charge is 0.494 e. The van der Waals surface area contributed by atoms with Gasteiger partial charge < -0.3 is 10.1 Å². The number of ether oxygens (including phenoxy) is 1. The van der Waals surface area contributed by atoms with Crippen LogP contribution in [0.15, 0.2) is 48.5 Å². The van der Waals surface area contributed by atoms with E-state index < -0.39 is 0 Å². The van der Waals surface area contributed by atoms with Crippen LogP contribution in [0, 0.1) is 5.82 Å². The highest BCUT2D eigenvalue weighted by Gasteiger charge is 1.96. The monoisotopic (exact) mass is 245 g/mol. The van der Waals surface area contributed by atoms with Crippen LogP contribution in [0.3, 0.4) is 0 Å². The van der Waals surface area contributed by atoms with E-state index in [0.29, 0.717) is 13.2 Å². The van der Waals surface area contributed by atoms with Crippen molar-refractivity contribution in [2.24, 2.45) is 0 Å². The Balaban J connectivity index is 1.91. The van der Waals surface area contributed by atoms with E-state index in [2.05, 4.69) is 5.32 Å². The van der Waals surface area contributed by atoms with Crippen molar-refractivity contribution >= 4 is 5.69 Å². The Kier molecular flexibility index (Phi) is 4.18. The SMILES string of the molecule is CCOc1ccc(CNc2ccc(F)cc2)cc1. The van der Waals surface area contributed by atoms with Crippen molar-refractivity contribution in [3.05, 3.63) is 59.9 Å². The number of rotatable bonds is 5. The second kappa shape index (κ2) is 6.05. The minimum Gasteiger partial charge on any atom is -0.494 e. The third-order valence-corrected chi connectivity index (χ3v) is 2.58. The van der Waals surface area contributed by atoms with Gasteiger partial charge in [-0.05, 0) is 48.9 Å². The van der Waals surface area contributed by atoms with Crippen molar-refractivity contribution in [1.82, 2.24) is 0 Å². The van der Waals surface area contributed by atoms with E-state index >= 15 is 0 Å². The van der Waals surface area contributed by atoms with Crippen LogP contribution in [0.2, 0.25) is 0 Å². The molecule has 2 rings (SSSR count). The predicted octanol–water partition coefficient (Wildman–Crippen LogP) is 3.84. The van der Waals surface area contributed by atoms with E-state index in [4.69, 9.17) is 4.74 Å². The lowest BCUT2D eigenvalue weighted by atomic mass is 10.2. The summed E-state index contributed by atoms with van der Waals surface area (Å²) in [7, 11) is 0. The molecular weight excluding hydrogens is 229 g/mol. The Morgan fingerprint density at radius 3 is 2.28 bits per heavy atom. The molecule has 94 valence electrons. The summed E-state index contributed by atoms with van der Waals surface area (Å²) in [6.45, 7) is 3.34. The van der Waals surface area contributed by atoms with E-state index in [1.165, 1.54) is 12.1 Å². The zero-order valence-electron chi connectivity index (χ0n) is 10.3. The summed E-state index contributed by atoms with van der Waals surface area (Å²) in [6.07, 6.45) is 0. The third-order valence-electron chi connectivity index (χ3n) is 2.58. The first-order valence-corrected chi connectivity index (χ1v) is 5.99. The van der Waals surface area contributed by atoms with Gasteiger partial charge in [0.25, 0.3) is 0 Å². The molecule has 0 atom stereocenters. The van der Waals surface area contributed by atoms with Gasteiger partial charge in [0.1, 0.15) is 11.6 Å². The molecular formula is C15H16FNO. The molecule has 0 saturated carbocycles. The molecule has 18 heavy (non-hydrogen) atoms. The van der Waals surface area contributed by atoms with Gasteiger partial charge in [-0.2, -0.15) is 0 Å². The number of hydrogen-bond donors (Lipinski definition) is 1. The van der Waals surface area contributed by atoms with E-state index in [-0.39, 0.29) is 5.82 Å². The smallest absolute Gasteiger partial charge is 0.123 e. The van der Waals surface area contributed by atoms with Gasteiger partial charge in [-0.3, -0.25) is 0 Å². The van der Waals surface area contributed by atoms with E-state index in [0.717, 1.165) is 17.0 Å². The summed E-state index contributed by atoms with van der Waals surface area (Å²) >= 11 is 0. The lowest BCUT2D eigenvalue weighted by Gasteiger charge is -2.07. The van der Waals surface area contributed by atoms with Crippen LogP contribution in [-0.2, 0) is 6.54 Å². The minimum absolute atomic E-state index is 0.221. The standard InChI is InChI=1S/C15H16FNO/c1-2-18-15-9-3-12(4-10-15)11-17-14-7-5-13(16)6-8-14/h3-10,17H,2,11H2,1H3. The topological polar surface area (TPSA) is 21.3 Å². The highest BCUT2D eigenvalue weighted by molar-refractivity contribution is 5.43. The second-order valence-electron chi connectivity index (χ2n) is 3.94. The zero-order valence-corrected chi connectivity index (χ0v) is 10.3. The Morgan fingerprint density at radius 2 is 1.67 bits per heavy atom. The van der Waals surface area contributed by atoms with E-state index in [1.54, 1.807) is 12.1 Å². The Bertz CT molecular complexity index is 479. The maximum Gasteiger partial charge on any atom is 0.123 e. The first-order valence-electron chi connectivity index (χ1n) is 5.99. The van der Waals surface area contributed by atoms with Crippen LogP contribution in [0.5, 0.6) is 5.75 Å². The van der Waals surface area contributed by atoms with Crippen LogP contribution in [0.25, 0.3) is 0 Å². The Labute approximate surface area is 106 Å². The van der Waals surface area contributed by atoms with Crippen LogP contribution < -0.4 is 10.1 Å². The number of benzene rings is 2. The highest BCUT2D eigenvalue weighted by Crippen LogP contribution is 2.14. The Hall–Kier alpha value is -2.03. The lowest BCUT2D eigenvalue weighted by molar-refractivity contribution is 0.340. The molecule has 0 fully saturated rings. The first kappa shape index (κ1) is 12.4. The summed E-state index contributed by atoms with van der Waals surface area (Å²) < 4.78 is 18.1. The maximum absolute atomic E-state index is 12.7. The number of hydrogen-bond acceptors (Lipinski definition) is 2. The third kappa shape index (κ3) is 3.48. The number of anilines is 1. The van der Waals surface area contributed by atoms with Gasteiger partial charge in [-0.1, -0.05) is 12.1 Å². The molecule has 3 heteroatoms. The number of halogens is 1. The molecule has 0 radical (unpaired) electrons. The van der Waals surface area contributed by atoms with Gasteiger partial charge >= 0.3 is 0 Å². The second-order valence-corrected chi connectivity index (χ2v) is 3.94. The number of nitrogens with one attached hydrogen (secondary N) is 1. The highest BCUT2D eigenvalue weighted by atomic mass is 19.1. The molecule has 0 heterocycles. The fraction of sp³-hybridized carbons (Fsp3) is 0.200. The first-order chi connectivity index (χ1) is 8.78. The molecule has 2 nitrogen and oxygen atoms in total. The summed E-state index contributed by atoms with van der Waals surface area (Å²) in [6, 6.07) is 14.3. The average Bonchev–Trinajstić information content (AvgIpc) is 2.40. The van der Waals surface area contributed by atoms with Crippen LogP contribution in [0.1, 0.15) is 12.5 Å². The van der Waals surface area contributed by atoms with Gasteiger partial charge in [-0.25, -0.2) is 4.39 Å². The quantitative estimate of drug-likeness (QED) is 0.864. The summed E-state index contributed by atoms with van der Waals surface area (Å²) in [5.74, 6) is 0.657. The van der Waals surface area contributed by atoms with Crippen LogP contribution in [0.4, 0.5) is 10.1 Å². The van der Waals surface area contributed by atoms with Gasteiger partial charge in [-0.15, -0.1) is 0 Å². The van der Waals surface area contributed by atoms with E-state index in [9.17, 15) is 4.39 Å². The zero-order chi connectivity index (χ0) is 12.8. The molecule has 0 unspecified atom stereocenters. The van der Waals surface area contributed by atoms with Crippen LogP contribution in [-0.4, -0.2) is 6.61 Å². The molecule has 2 aromatic rings. The average molecular weight is 245 g/mol. The molecule has 0 spiro atoms. The molecule has 1 N–H and O–H groups in total. The lowest BCUT2D eigenvalue weighted by Crippen LogP contribution is -1.99. The molecule has 0 aromatic heterocycles. The molecule has 0 bridgehead atoms. The Morgan fingerprint density at radius 1 is 1.00 bits per heavy atom. The van der Waals surface area contributed by atoms with Gasteiger partial charge in [0.05, 0.1) is 6.61 Å². The van der Waals surface area contributed by atoms with Gasteiger partial charge in [0.15, 0.2) is 0 Å². The molecule has 0 aliphatic rings. The summed E-state index contributed by atoms with van der Waals surface area (Å²) in [5, 5.41) is 3.23. The van der Waals surface area contributed by atoms with Gasteiger partial charge in [0.2, 0.25) is 0 Å². The molecule has 2 aromatic carbocycles. The van der Waals surface area contributed by atoms with Crippen molar-refractivity contribution in [2.45, 2.75) is 13.5 Å². The summed E-state index contributed by atoms with van der Waals surface area (Å²) in [4.78, 5) is 0. The normalized spacial score (nSPS) is 10.1. The van der Waals surface area contributed by atoms with Crippen molar-refractivity contribution in [2.75, 3.05) is 11.9 Å². The van der Waals surface area contributed by atoms with Crippen molar-refractivity contribution in [3.63, 3.8) is 0 Å². The van der Waals surface area contributed by atoms with Crippen molar-refractivity contribution in [3.8, 4) is 5.75 Å². The van der Waals surface area contributed by atoms with Crippen molar-refractivity contribution in [1.29, 1.82) is 0 Å². The maximum atomic E-state index is 12.7. The van der Waals surface area contributed by atoms with Crippen molar-refractivity contribution < 1.29 is 9.13 Å². The fourth-order valence-corrected chi connectivity index (χ4v) is 1.64. The van der Waals surface area contributed by atoms with Gasteiger partial charge in [0, 0.05) is 12.2 Å². The predicted molar refractivity (Wildman–Crippen MR) is 71.3 cm³/mol. The minimum atomic E-state index is -0.221. The van der Waals surface area contributed by atoms with E-state index in [1.807, 2.05) is 31.2 Å². The molecule has 0 amide bonds. The molecule has 0 saturated heterocycles.